The summed E-state index contributed by atoms with van der Waals surface area (Å²) in [6.07, 6.45) is 1.81. The number of nitrogens with zero attached hydrogens (tertiary/aromatic N) is 4. The molecule has 112 valence electrons. The lowest BCUT2D eigenvalue weighted by molar-refractivity contribution is 0.0985. The quantitative estimate of drug-likeness (QED) is 0.628. The highest BCUT2D eigenvalue weighted by atomic mass is 35.5. The van der Waals surface area contributed by atoms with Crippen LogP contribution in [0.2, 0.25) is 5.28 Å². The Morgan fingerprint density at radius 3 is 3.19 bits per heavy atom. The normalized spacial score (nSPS) is 19.0. The summed E-state index contributed by atoms with van der Waals surface area (Å²) in [6.45, 7) is 4.38. The Bertz CT molecular complexity index is 596. The zero-order valence-electron chi connectivity index (χ0n) is 11.5. The Labute approximate surface area is 136 Å². The third-order valence-corrected chi connectivity index (χ3v) is 5.32. The van der Waals surface area contributed by atoms with Crippen molar-refractivity contribution in [2.45, 2.75) is 23.1 Å². The SMILES string of the molecule is C[C@H]1COCCN1c1cc(CSc2nccs2)nc(Cl)n1. The molecule has 1 saturated heterocycles. The van der Waals surface area contributed by atoms with Crippen molar-refractivity contribution in [3.8, 4) is 0 Å². The van der Waals surface area contributed by atoms with Crippen molar-refractivity contribution in [2.75, 3.05) is 24.7 Å². The molecule has 0 bridgehead atoms. The standard InChI is InChI=1S/C13H15ClN4OS2/c1-9-7-19-4-3-18(9)11-6-10(16-12(14)17-11)8-21-13-15-2-5-20-13/h2,5-6,9H,3-4,7-8H2,1H3/t9-/m0/s1. The minimum absolute atomic E-state index is 0.293. The van der Waals surface area contributed by atoms with Gasteiger partial charge in [-0.25, -0.2) is 15.0 Å². The van der Waals surface area contributed by atoms with Gasteiger partial charge in [-0.1, -0.05) is 11.8 Å². The highest BCUT2D eigenvalue weighted by Crippen LogP contribution is 2.26. The topological polar surface area (TPSA) is 51.1 Å². The lowest BCUT2D eigenvalue weighted by Gasteiger charge is -2.34. The first-order chi connectivity index (χ1) is 10.2. The predicted molar refractivity (Wildman–Crippen MR) is 86.3 cm³/mol. The molecular weight excluding hydrogens is 328 g/mol. The van der Waals surface area contributed by atoms with Crippen LogP contribution in [-0.2, 0) is 10.5 Å². The van der Waals surface area contributed by atoms with E-state index in [2.05, 4.69) is 26.8 Å². The van der Waals surface area contributed by atoms with Crippen LogP contribution in [0.5, 0.6) is 0 Å². The van der Waals surface area contributed by atoms with E-state index in [1.54, 1.807) is 29.3 Å². The molecule has 0 radical (unpaired) electrons. The van der Waals surface area contributed by atoms with Crippen molar-refractivity contribution >= 4 is 40.5 Å². The average Bonchev–Trinajstić information content (AvgIpc) is 2.98. The number of rotatable bonds is 4. The maximum absolute atomic E-state index is 6.08. The van der Waals surface area contributed by atoms with E-state index < -0.39 is 0 Å². The number of thioether (sulfide) groups is 1. The van der Waals surface area contributed by atoms with Gasteiger partial charge < -0.3 is 9.64 Å². The summed E-state index contributed by atoms with van der Waals surface area (Å²) < 4.78 is 6.49. The second-order valence-electron chi connectivity index (χ2n) is 4.69. The molecule has 0 aliphatic carbocycles. The fraction of sp³-hybridized carbons (Fsp3) is 0.462. The fourth-order valence-corrected chi connectivity index (χ4v) is 3.88. The van der Waals surface area contributed by atoms with Gasteiger partial charge in [-0.2, -0.15) is 0 Å². The van der Waals surface area contributed by atoms with E-state index >= 15 is 0 Å². The number of thiazole rings is 1. The first kappa shape index (κ1) is 15.0. The molecule has 1 aliphatic rings. The van der Waals surface area contributed by atoms with Gasteiger partial charge in [0.25, 0.3) is 0 Å². The summed E-state index contributed by atoms with van der Waals surface area (Å²) in [5.74, 6) is 1.61. The van der Waals surface area contributed by atoms with Crippen LogP contribution in [0.1, 0.15) is 12.6 Å². The molecule has 0 aromatic carbocycles. The van der Waals surface area contributed by atoms with Crippen LogP contribution < -0.4 is 4.90 Å². The molecule has 0 spiro atoms. The molecule has 1 atom stereocenters. The van der Waals surface area contributed by atoms with Gasteiger partial charge in [-0.3, -0.25) is 0 Å². The molecule has 8 heteroatoms. The van der Waals surface area contributed by atoms with Crippen LogP contribution >= 0.6 is 34.7 Å². The summed E-state index contributed by atoms with van der Waals surface area (Å²) in [5, 5.41) is 2.26. The minimum atomic E-state index is 0.293. The van der Waals surface area contributed by atoms with Crippen molar-refractivity contribution < 1.29 is 4.74 Å². The molecule has 3 rings (SSSR count). The third kappa shape index (κ3) is 3.85. The number of halogens is 1. The molecule has 0 amide bonds. The first-order valence-corrected chi connectivity index (χ1v) is 8.87. The van der Waals surface area contributed by atoms with Crippen molar-refractivity contribution in [1.29, 1.82) is 0 Å². The molecule has 1 aliphatic heterocycles. The number of hydrogen-bond acceptors (Lipinski definition) is 7. The van der Waals surface area contributed by atoms with Crippen LogP contribution in [0.15, 0.2) is 22.0 Å². The second-order valence-corrected chi connectivity index (χ2v) is 7.15. The van der Waals surface area contributed by atoms with E-state index in [1.807, 2.05) is 11.4 Å². The molecule has 3 heterocycles. The second kappa shape index (κ2) is 6.91. The van der Waals surface area contributed by atoms with Crippen molar-refractivity contribution in [2.24, 2.45) is 0 Å². The molecule has 0 saturated carbocycles. The maximum Gasteiger partial charge on any atom is 0.224 e. The largest absolute Gasteiger partial charge is 0.377 e. The van der Waals surface area contributed by atoms with Crippen LogP contribution in [0.3, 0.4) is 0 Å². The van der Waals surface area contributed by atoms with Crippen LogP contribution in [0.25, 0.3) is 0 Å². The van der Waals surface area contributed by atoms with E-state index in [0.717, 1.165) is 34.8 Å². The monoisotopic (exact) mass is 342 g/mol. The molecule has 1 fully saturated rings. The van der Waals surface area contributed by atoms with Gasteiger partial charge in [0.05, 0.1) is 24.9 Å². The average molecular weight is 343 g/mol. The number of ether oxygens (including phenoxy) is 1. The van der Waals surface area contributed by atoms with Crippen LogP contribution in [0, 0.1) is 0 Å². The highest BCUT2D eigenvalue weighted by Gasteiger charge is 2.21. The fourth-order valence-electron chi connectivity index (χ4n) is 2.16. The Morgan fingerprint density at radius 2 is 2.43 bits per heavy atom. The van der Waals surface area contributed by atoms with Crippen molar-refractivity contribution in [3.63, 3.8) is 0 Å². The Hall–Kier alpha value is -0.890. The number of anilines is 1. The molecule has 5 nitrogen and oxygen atoms in total. The van der Waals surface area contributed by atoms with Gasteiger partial charge in [-0.15, -0.1) is 11.3 Å². The van der Waals surface area contributed by atoms with Crippen molar-refractivity contribution in [1.82, 2.24) is 15.0 Å². The lowest BCUT2D eigenvalue weighted by atomic mass is 10.2. The van der Waals surface area contributed by atoms with E-state index in [4.69, 9.17) is 16.3 Å². The number of aromatic nitrogens is 3. The van der Waals surface area contributed by atoms with Gasteiger partial charge in [0.2, 0.25) is 5.28 Å². The molecule has 0 unspecified atom stereocenters. The third-order valence-electron chi connectivity index (χ3n) is 3.15. The molecule has 21 heavy (non-hydrogen) atoms. The minimum Gasteiger partial charge on any atom is -0.377 e. The predicted octanol–water partition coefficient (Wildman–Crippen LogP) is 3.10. The molecule has 0 N–H and O–H groups in total. The lowest BCUT2D eigenvalue weighted by Crippen LogP contribution is -2.44. The van der Waals surface area contributed by atoms with E-state index in [0.29, 0.717) is 17.9 Å². The zero-order chi connectivity index (χ0) is 14.7. The van der Waals surface area contributed by atoms with Gasteiger partial charge in [-0.05, 0) is 18.5 Å². The smallest absolute Gasteiger partial charge is 0.224 e. The summed E-state index contributed by atoms with van der Waals surface area (Å²) in [7, 11) is 0. The summed E-state index contributed by atoms with van der Waals surface area (Å²) >= 11 is 9.36. The van der Waals surface area contributed by atoms with Gasteiger partial charge in [0.1, 0.15) is 10.2 Å². The van der Waals surface area contributed by atoms with E-state index in [-0.39, 0.29) is 0 Å². The first-order valence-electron chi connectivity index (χ1n) is 6.62. The Balaban J connectivity index is 1.75. The number of hydrogen-bond donors (Lipinski definition) is 0. The Morgan fingerprint density at radius 1 is 1.52 bits per heavy atom. The van der Waals surface area contributed by atoms with Crippen LogP contribution in [-0.4, -0.2) is 40.8 Å². The van der Waals surface area contributed by atoms with Gasteiger partial charge in [0, 0.05) is 29.9 Å². The van der Waals surface area contributed by atoms with Gasteiger partial charge >= 0.3 is 0 Å². The highest BCUT2D eigenvalue weighted by molar-refractivity contribution is 8.00. The van der Waals surface area contributed by atoms with E-state index in [1.165, 1.54) is 0 Å². The zero-order valence-corrected chi connectivity index (χ0v) is 13.9. The van der Waals surface area contributed by atoms with Crippen LogP contribution in [0.4, 0.5) is 5.82 Å². The molecule has 2 aromatic heterocycles. The Kier molecular flexibility index (Phi) is 4.95. The molecular formula is C13H15ClN4OS2. The van der Waals surface area contributed by atoms with Gasteiger partial charge in [0.15, 0.2) is 0 Å². The summed E-state index contributed by atoms with van der Waals surface area (Å²) in [5.41, 5.74) is 0.920. The summed E-state index contributed by atoms with van der Waals surface area (Å²) in [4.78, 5) is 15.1. The number of morpholine rings is 1. The maximum atomic E-state index is 6.08. The molecule has 2 aromatic rings. The van der Waals surface area contributed by atoms with Crippen molar-refractivity contribution in [3.05, 3.63) is 28.6 Å². The summed E-state index contributed by atoms with van der Waals surface area (Å²) in [6, 6.07) is 2.30. The van der Waals surface area contributed by atoms with E-state index in [9.17, 15) is 0 Å².